The van der Waals surface area contributed by atoms with Crippen molar-refractivity contribution in [2.24, 2.45) is 0 Å². The molecule has 2 unspecified atom stereocenters. The lowest BCUT2D eigenvalue weighted by molar-refractivity contribution is -0.142. The van der Waals surface area contributed by atoms with E-state index >= 15 is 0 Å². The van der Waals surface area contributed by atoms with E-state index in [2.05, 4.69) is 24.0 Å². The van der Waals surface area contributed by atoms with Crippen molar-refractivity contribution in [2.45, 2.75) is 50.8 Å². The van der Waals surface area contributed by atoms with Crippen LogP contribution < -0.4 is 5.32 Å². The van der Waals surface area contributed by atoms with Crippen molar-refractivity contribution >= 4 is 17.7 Å². The lowest BCUT2D eigenvalue weighted by Gasteiger charge is -2.12. The Bertz CT molecular complexity index is 211. The van der Waals surface area contributed by atoms with Gasteiger partial charge in [-0.25, -0.2) is 0 Å². The summed E-state index contributed by atoms with van der Waals surface area (Å²) in [6.45, 7) is 5.30. The van der Waals surface area contributed by atoms with E-state index in [0.29, 0.717) is 19.1 Å². The van der Waals surface area contributed by atoms with Crippen LogP contribution in [0.25, 0.3) is 0 Å². The number of hydrogen-bond donors (Lipinski definition) is 1. The molecule has 1 saturated carbocycles. The van der Waals surface area contributed by atoms with Gasteiger partial charge in [0, 0.05) is 17.8 Å². The van der Waals surface area contributed by atoms with Gasteiger partial charge < -0.3 is 10.1 Å². The summed E-state index contributed by atoms with van der Waals surface area (Å²) in [4.78, 5) is 11.1. The first kappa shape index (κ1) is 13.8. The van der Waals surface area contributed by atoms with Gasteiger partial charge >= 0.3 is 5.97 Å². The quantitative estimate of drug-likeness (QED) is 0.698. The number of thioether (sulfide) groups is 1. The molecule has 0 saturated heterocycles. The van der Waals surface area contributed by atoms with Crippen LogP contribution >= 0.6 is 11.8 Å². The summed E-state index contributed by atoms with van der Waals surface area (Å²) in [5.41, 5.74) is 0. The third-order valence-electron chi connectivity index (χ3n) is 2.85. The van der Waals surface area contributed by atoms with Crippen molar-refractivity contribution in [1.29, 1.82) is 0 Å². The number of ether oxygens (including phenoxy) is 1. The van der Waals surface area contributed by atoms with Crippen LogP contribution in [0, 0.1) is 0 Å². The number of nitrogens with one attached hydrogen (secondary N) is 1. The van der Waals surface area contributed by atoms with Crippen LogP contribution in [0.2, 0.25) is 0 Å². The average molecular weight is 245 g/mol. The predicted molar refractivity (Wildman–Crippen MR) is 68.8 cm³/mol. The molecule has 1 N–H and O–H groups in total. The van der Waals surface area contributed by atoms with Crippen LogP contribution in [0.3, 0.4) is 0 Å². The van der Waals surface area contributed by atoms with Crippen LogP contribution in [-0.2, 0) is 9.53 Å². The summed E-state index contributed by atoms with van der Waals surface area (Å²) in [5, 5.41) is 4.27. The molecule has 0 spiro atoms. The normalized spacial score (nSPS) is 24.6. The maximum Gasteiger partial charge on any atom is 0.307 e. The molecule has 1 rings (SSSR count). The zero-order valence-electron chi connectivity index (χ0n) is 10.3. The van der Waals surface area contributed by atoms with Crippen LogP contribution in [0.4, 0.5) is 0 Å². The molecule has 0 amide bonds. The summed E-state index contributed by atoms with van der Waals surface area (Å²) in [7, 11) is 0. The van der Waals surface area contributed by atoms with Crippen molar-refractivity contribution in [1.82, 2.24) is 5.32 Å². The third-order valence-corrected chi connectivity index (χ3v) is 4.09. The minimum atomic E-state index is -0.0903. The molecule has 0 bridgehead atoms. The molecule has 0 aromatic carbocycles. The third kappa shape index (κ3) is 5.21. The van der Waals surface area contributed by atoms with Crippen LogP contribution in [-0.4, -0.2) is 36.2 Å². The fraction of sp³-hybridized carbons (Fsp3) is 0.917. The highest BCUT2D eigenvalue weighted by Gasteiger charge is 2.23. The second-order valence-corrected chi connectivity index (χ2v) is 5.67. The summed E-state index contributed by atoms with van der Waals surface area (Å²) < 4.78 is 4.88. The van der Waals surface area contributed by atoms with Crippen LogP contribution in [0.15, 0.2) is 0 Å². The molecular formula is C12H23NO2S. The van der Waals surface area contributed by atoms with Crippen LogP contribution in [0.5, 0.6) is 0 Å². The zero-order chi connectivity index (χ0) is 11.8. The average Bonchev–Trinajstić information content (AvgIpc) is 2.67. The molecule has 0 aromatic rings. The van der Waals surface area contributed by atoms with E-state index < -0.39 is 0 Å². The monoisotopic (exact) mass is 245 g/mol. The molecule has 16 heavy (non-hydrogen) atoms. The van der Waals surface area contributed by atoms with E-state index in [0.717, 1.165) is 11.8 Å². The second kappa shape index (κ2) is 7.96. The predicted octanol–water partition coefficient (Wildman–Crippen LogP) is 2.20. The Morgan fingerprint density at radius 2 is 2.25 bits per heavy atom. The van der Waals surface area contributed by atoms with Crippen molar-refractivity contribution in [3.05, 3.63) is 0 Å². The number of rotatable bonds is 7. The molecule has 2 atom stereocenters. The van der Waals surface area contributed by atoms with E-state index in [4.69, 9.17) is 4.74 Å². The van der Waals surface area contributed by atoms with E-state index in [9.17, 15) is 4.79 Å². The van der Waals surface area contributed by atoms with Gasteiger partial charge in [-0.05, 0) is 31.9 Å². The molecule has 0 aliphatic heterocycles. The van der Waals surface area contributed by atoms with Gasteiger partial charge in [-0.2, -0.15) is 11.8 Å². The molecule has 1 aliphatic rings. The van der Waals surface area contributed by atoms with Gasteiger partial charge in [0.25, 0.3) is 0 Å². The Hall–Kier alpha value is -0.220. The summed E-state index contributed by atoms with van der Waals surface area (Å²) in [6.07, 6.45) is 4.31. The topological polar surface area (TPSA) is 38.3 Å². The van der Waals surface area contributed by atoms with E-state index in [1.165, 1.54) is 25.0 Å². The van der Waals surface area contributed by atoms with E-state index in [-0.39, 0.29) is 5.97 Å². The van der Waals surface area contributed by atoms with Gasteiger partial charge in [0.1, 0.15) is 0 Å². The van der Waals surface area contributed by atoms with Crippen molar-refractivity contribution in [3.8, 4) is 0 Å². The lowest BCUT2D eigenvalue weighted by Crippen LogP contribution is -2.29. The summed E-state index contributed by atoms with van der Waals surface area (Å²) in [6, 6.07) is 0.610. The van der Waals surface area contributed by atoms with Crippen molar-refractivity contribution < 1.29 is 9.53 Å². The Morgan fingerprint density at radius 1 is 1.44 bits per heavy atom. The highest BCUT2D eigenvalue weighted by molar-refractivity contribution is 7.99. The SMILES string of the molecule is CCOC(=O)CCNC1CCC(SCC)C1. The van der Waals surface area contributed by atoms with Crippen molar-refractivity contribution in [3.63, 3.8) is 0 Å². The zero-order valence-corrected chi connectivity index (χ0v) is 11.1. The first-order valence-corrected chi connectivity index (χ1v) is 7.31. The Labute approximate surface area is 103 Å². The number of carbonyl (C=O) groups is 1. The van der Waals surface area contributed by atoms with Gasteiger partial charge in [-0.3, -0.25) is 4.79 Å². The molecule has 0 radical (unpaired) electrons. The fourth-order valence-corrected chi connectivity index (χ4v) is 3.27. The van der Waals surface area contributed by atoms with Crippen molar-refractivity contribution in [2.75, 3.05) is 18.9 Å². The highest BCUT2D eigenvalue weighted by atomic mass is 32.2. The molecule has 1 fully saturated rings. The van der Waals surface area contributed by atoms with E-state index in [1.807, 2.05) is 6.92 Å². The van der Waals surface area contributed by atoms with Gasteiger partial charge in [0.05, 0.1) is 13.0 Å². The minimum absolute atomic E-state index is 0.0903. The Morgan fingerprint density at radius 3 is 2.94 bits per heavy atom. The maximum atomic E-state index is 11.1. The van der Waals surface area contributed by atoms with Gasteiger partial charge in [-0.15, -0.1) is 0 Å². The summed E-state index contributed by atoms with van der Waals surface area (Å²) >= 11 is 2.06. The molecule has 0 heterocycles. The van der Waals surface area contributed by atoms with Gasteiger partial charge in [0.15, 0.2) is 0 Å². The van der Waals surface area contributed by atoms with E-state index in [1.54, 1.807) is 0 Å². The fourth-order valence-electron chi connectivity index (χ4n) is 2.12. The molecule has 0 aromatic heterocycles. The second-order valence-electron chi connectivity index (χ2n) is 4.10. The molecule has 94 valence electrons. The number of esters is 1. The molecular weight excluding hydrogens is 222 g/mol. The first-order chi connectivity index (χ1) is 7.76. The lowest BCUT2D eigenvalue weighted by atomic mass is 10.2. The first-order valence-electron chi connectivity index (χ1n) is 6.26. The van der Waals surface area contributed by atoms with Crippen LogP contribution in [0.1, 0.15) is 39.5 Å². The maximum absolute atomic E-state index is 11.1. The van der Waals surface area contributed by atoms with Gasteiger partial charge in [-0.1, -0.05) is 6.92 Å². The molecule has 1 aliphatic carbocycles. The standard InChI is InChI=1S/C12H23NO2S/c1-3-15-12(14)7-8-13-10-5-6-11(9-10)16-4-2/h10-11,13H,3-9H2,1-2H3. The Kier molecular flexibility index (Phi) is 6.88. The number of carbonyl (C=O) groups excluding carboxylic acids is 1. The van der Waals surface area contributed by atoms with Gasteiger partial charge in [0.2, 0.25) is 0 Å². The minimum Gasteiger partial charge on any atom is -0.466 e. The summed E-state index contributed by atoms with van der Waals surface area (Å²) in [5.74, 6) is 1.12. The molecule has 4 heteroatoms. The largest absolute Gasteiger partial charge is 0.466 e. The number of hydrogen-bond acceptors (Lipinski definition) is 4. The molecule has 3 nitrogen and oxygen atoms in total. The smallest absolute Gasteiger partial charge is 0.307 e. The Balaban J connectivity index is 2.04. The highest BCUT2D eigenvalue weighted by Crippen LogP contribution is 2.29.